The van der Waals surface area contributed by atoms with Gasteiger partial charge in [-0.25, -0.2) is 0 Å². The van der Waals surface area contributed by atoms with Gasteiger partial charge in [-0.05, 0) is 75.9 Å². The second kappa shape index (κ2) is 18.9. The maximum Gasteiger partial charge on any atom is 2.00 e. The Morgan fingerprint density at radius 3 is 0.919 bits per heavy atom. The summed E-state index contributed by atoms with van der Waals surface area (Å²) in [5, 5.41) is 9.04. The monoisotopic (exact) mass is 897 g/mol. The Morgan fingerprint density at radius 1 is 0.371 bits per heavy atom. The Balaban J connectivity index is 0.00000214. The van der Waals surface area contributed by atoms with Crippen LogP contribution in [0.1, 0.15) is 40.8 Å². The first-order valence-corrected chi connectivity index (χ1v) is 23.8. The fourth-order valence-corrected chi connectivity index (χ4v) is 16.6. The summed E-state index contributed by atoms with van der Waals surface area (Å²) in [5.74, 6) is 0. The Labute approximate surface area is 382 Å². The third-order valence-electron chi connectivity index (χ3n) is 11.5. The van der Waals surface area contributed by atoms with Gasteiger partial charge in [-0.15, -0.1) is 0 Å². The quantitative estimate of drug-likeness (QED) is 0.0850. The molecule has 0 fully saturated rings. The zero-order valence-corrected chi connectivity index (χ0v) is 41.0. The van der Waals surface area contributed by atoms with Crippen molar-refractivity contribution < 1.29 is 23.9 Å². The first-order chi connectivity index (χ1) is 28.7. The number of rotatable bonds is 8. The summed E-state index contributed by atoms with van der Waals surface area (Å²) in [7, 11) is -5.55. The number of benzene rings is 8. The van der Waals surface area contributed by atoms with Crippen molar-refractivity contribution in [3.63, 3.8) is 0 Å². The second-order valence-electron chi connectivity index (χ2n) is 15.7. The molecule has 0 amide bonds. The van der Waals surface area contributed by atoms with Crippen molar-refractivity contribution in [3.8, 4) is 0 Å². The molecule has 0 aliphatic rings. The van der Waals surface area contributed by atoms with Crippen LogP contribution in [0, 0.1) is 49.0 Å². The topological polar surface area (TPSA) is 37.9 Å². The minimum absolute atomic E-state index is 0. The second-order valence-corrected chi connectivity index (χ2v) is 21.7. The number of fused-ring (bicyclic) bond motifs is 3. The molecule has 0 atom stereocenters. The Kier molecular flexibility index (Phi) is 14.1. The van der Waals surface area contributed by atoms with Crippen molar-refractivity contribution in [1.29, 1.82) is 0 Å². The molecule has 0 aliphatic carbocycles. The smallest absolute Gasteiger partial charge is 0.455 e. The van der Waals surface area contributed by atoms with Gasteiger partial charge in [0, 0.05) is 42.6 Å². The summed E-state index contributed by atoms with van der Waals surface area (Å²) in [4.78, 5) is 0. The number of hydrogen-bond acceptors (Lipinski definition) is 3. The summed E-state index contributed by atoms with van der Waals surface area (Å²) in [5.41, 5.74) is 10.9. The number of nitrogens with zero attached hydrogens (tertiary/aromatic N) is 2. The molecule has 0 saturated heterocycles. The van der Waals surface area contributed by atoms with Gasteiger partial charge in [-0.3, -0.25) is 9.49 Å². The Bertz CT molecular complexity index is 2780. The van der Waals surface area contributed by atoms with Gasteiger partial charge >= 0.3 is 19.5 Å². The van der Waals surface area contributed by atoms with Crippen LogP contribution in [0.5, 0.6) is 0 Å². The van der Waals surface area contributed by atoms with E-state index >= 15 is 0 Å². The van der Waals surface area contributed by atoms with E-state index in [1.54, 1.807) is 0 Å². The van der Waals surface area contributed by atoms with Gasteiger partial charge in [-0.1, -0.05) is 188 Å². The van der Waals surface area contributed by atoms with Gasteiger partial charge in [0.25, 0.3) is 0 Å². The van der Waals surface area contributed by atoms with E-state index < -0.39 is 14.1 Å². The van der Waals surface area contributed by atoms with Gasteiger partial charge < -0.3 is 11.8 Å². The van der Waals surface area contributed by atoms with Crippen LogP contribution >= 0.6 is 14.1 Å². The number of furan rings is 1. The van der Waals surface area contributed by atoms with E-state index in [4.69, 9.17) is 13.9 Å². The first kappa shape index (κ1) is 46.2. The molecule has 6 heteroatoms. The Hall–Kier alpha value is -5.36. The number of aryl methyl sites for hydroxylation is 6. The molecular weight excluding hydrogens is 844 g/mol. The standard InChI is InChI=1S/C54H48N2OP2.CH4.CH3.Zn/c1-37-33-39(3)51(40(4)34-37)55-58(43-21-11-7-12-22-43,44-23-13-8-14-24-44)49-31-19-29-47-48-30-20-32-50(54(48)57-53(47)49)59(45-25-15-9-16-26-45,46-27-17-10-18-28-46)56-52-41(5)35-38(2)36-42(52)6;;;/h7-36H,1-6H3;1H4;1H3;/q;;-1;+2. The van der Waals surface area contributed by atoms with E-state index in [1.807, 2.05) is 0 Å². The molecule has 1 heterocycles. The predicted molar refractivity (Wildman–Crippen MR) is 270 cm³/mol. The minimum Gasteiger partial charge on any atom is -0.455 e. The molecule has 62 heavy (non-hydrogen) atoms. The summed E-state index contributed by atoms with van der Waals surface area (Å²) in [6.45, 7) is 13.1. The molecule has 1 aromatic heterocycles. The summed E-state index contributed by atoms with van der Waals surface area (Å²) < 4.78 is 19.7. The van der Waals surface area contributed by atoms with Crippen LogP contribution in [0.2, 0.25) is 0 Å². The average Bonchev–Trinajstić information content (AvgIpc) is 3.64. The van der Waals surface area contributed by atoms with Crippen LogP contribution in [-0.4, -0.2) is 0 Å². The molecule has 0 saturated carbocycles. The molecule has 0 radical (unpaired) electrons. The summed E-state index contributed by atoms with van der Waals surface area (Å²) in [6, 6.07) is 65.9. The van der Waals surface area contributed by atoms with Crippen LogP contribution in [-0.2, 0) is 19.5 Å². The third-order valence-corrected chi connectivity index (χ3v) is 18.8. The van der Waals surface area contributed by atoms with Crippen LogP contribution in [0.25, 0.3) is 21.9 Å². The van der Waals surface area contributed by atoms with Crippen molar-refractivity contribution in [2.45, 2.75) is 49.0 Å². The minimum atomic E-state index is -2.77. The van der Waals surface area contributed by atoms with E-state index in [2.05, 4.69) is 224 Å². The molecule has 8 aromatic carbocycles. The van der Waals surface area contributed by atoms with Crippen LogP contribution < -0.4 is 31.8 Å². The molecule has 0 spiro atoms. The molecular formula is C56H55N2OP2Zn+. The third kappa shape index (κ3) is 7.95. The fraction of sp³-hybridized carbons (Fsp3) is 0.125. The SMILES string of the molecule is C.Cc1cc(C)c(N=P(c2ccccc2)(c2ccccc2)c2cccc3c2oc2c(P(=Nc4c(C)cc(C)cc4C)(c4ccccc4)c4ccccc4)cccc23)c(C)c1.[CH3-].[Zn+2]. The van der Waals surface area contributed by atoms with Gasteiger partial charge in [-0.2, -0.15) is 0 Å². The largest absolute Gasteiger partial charge is 2.00 e. The van der Waals surface area contributed by atoms with Crippen molar-refractivity contribution >= 4 is 79.2 Å². The van der Waals surface area contributed by atoms with Crippen molar-refractivity contribution in [1.82, 2.24) is 0 Å². The zero-order chi connectivity index (χ0) is 40.7. The fourth-order valence-electron chi connectivity index (χ4n) is 9.03. The van der Waals surface area contributed by atoms with Crippen LogP contribution in [0.15, 0.2) is 196 Å². The molecule has 0 bridgehead atoms. The molecule has 9 aromatic rings. The molecule has 3 nitrogen and oxygen atoms in total. The Morgan fingerprint density at radius 2 is 0.645 bits per heavy atom. The molecule has 0 N–H and O–H groups in total. The van der Waals surface area contributed by atoms with Gasteiger partial charge in [0.15, 0.2) is 0 Å². The number of para-hydroxylation sites is 2. The maximum atomic E-state index is 7.58. The summed E-state index contributed by atoms with van der Waals surface area (Å²) in [6.07, 6.45) is 0. The molecule has 306 valence electrons. The normalized spacial score (nSPS) is 11.3. The van der Waals surface area contributed by atoms with E-state index in [1.165, 1.54) is 54.6 Å². The van der Waals surface area contributed by atoms with E-state index in [-0.39, 0.29) is 34.3 Å². The molecule has 0 unspecified atom stereocenters. The van der Waals surface area contributed by atoms with Crippen molar-refractivity contribution in [3.05, 3.63) is 223 Å². The predicted octanol–water partition coefficient (Wildman–Crippen LogP) is 14.1. The van der Waals surface area contributed by atoms with Gasteiger partial charge in [0.05, 0.1) is 25.5 Å². The number of hydrogen-bond donors (Lipinski definition) is 0. The van der Waals surface area contributed by atoms with Gasteiger partial charge in [0.2, 0.25) is 0 Å². The van der Waals surface area contributed by atoms with Crippen LogP contribution in [0.3, 0.4) is 0 Å². The molecule has 9 rings (SSSR count). The maximum absolute atomic E-state index is 7.58. The van der Waals surface area contributed by atoms with Crippen LogP contribution in [0.4, 0.5) is 11.4 Å². The van der Waals surface area contributed by atoms with E-state index in [0.717, 1.165) is 43.9 Å². The summed E-state index contributed by atoms with van der Waals surface area (Å²) >= 11 is 0. The van der Waals surface area contributed by atoms with Crippen molar-refractivity contribution in [2.24, 2.45) is 9.49 Å². The van der Waals surface area contributed by atoms with Crippen molar-refractivity contribution in [2.75, 3.05) is 0 Å². The zero-order valence-electron chi connectivity index (χ0n) is 36.2. The first-order valence-electron chi connectivity index (χ1n) is 20.3. The average molecular weight is 899 g/mol. The van der Waals surface area contributed by atoms with E-state index in [0.29, 0.717) is 0 Å². The van der Waals surface area contributed by atoms with E-state index in [9.17, 15) is 0 Å². The molecule has 0 aliphatic heterocycles. The van der Waals surface area contributed by atoms with Gasteiger partial charge in [0.1, 0.15) is 11.2 Å².